The van der Waals surface area contributed by atoms with Gasteiger partial charge in [0.25, 0.3) is 0 Å². The Balaban J connectivity index is 1.76. The molecule has 0 aromatic heterocycles. The number of nitrogens with zero attached hydrogens (tertiary/aromatic N) is 1. The van der Waals surface area contributed by atoms with E-state index in [-0.39, 0.29) is 5.91 Å². The zero-order valence-electron chi connectivity index (χ0n) is 12.2. The third kappa shape index (κ3) is 4.05. The number of carbonyl (C=O) groups excluding carboxylic acids is 1. The van der Waals surface area contributed by atoms with Crippen LogP contribution in [-0.2, 0) is 11.3 Å². The van der Waals surface area contributed by atoms with Crippen LogP contribution in [0.1, 0.15) is 24.8 Å². The second-order valence-electron chi connectivity index (χ2n) is 5.67. The van der Waals surface area contributed by atoms with E-state index in [9.17, 15) is 4.79 Å². The fourth-order valence-electron chi connectivity index (χ4n) is 3.07. The van der Waals surface area contributed by atoms with Crippen molar-refractivity contribution < 1.29 is 4.79 Å². The maximum absolute atomic E-state index is 12.0. The summed E-state index contributed by atoms with van der Waals surface area (Å²) in [6.07, 6.45) is 3.57. The minimum Gasteiger partial charge on any atom is -0.351 e. The van der Waals surface area contributed by atoms with Gasteiger partial charge in [-0.2, -0.15) is 0 Å². The Morgan fingerprint density at radius 1 is 1.35 bits per heavy atom. The summed E-state index contributed by atoms with van der Waals surface area (Å²) in [5, 5.41) is 2.97. The number of hydrogen-bond acceptors (Lipinski definition) is 3. The van der Waals surface area contributed by atoms with E-state index in [1.807, 2.05) is 37.4 Å². The van der Waals surface area contributed by atoms with Gasteiger partial charge in [0.05, 0.1) is 6.54 Å². The van der Waals surface area contributed by atoms with Gasteiger partial charge in [-0.05, 0) is 37.9 Å². The van der Waals surface area contributed by atoms with Crippen molar-refractivity contribution in [1.29, 1.82) is 0 Å². The zero-order valence-corrected chi connectivity index (χ0v) is 12.2. The number of benzene rings is 1. The van der Waals surface area contributed by atoms with Gasteiger partial charge in [0.1, 0.15) is 0 Å². The van der Waals surface area contributed by atoms with Crippen molar-refractivity contribution in [2.45, 2.75) is 31.8 Å². The van der Waals surface area contributed by atoms with Crippen molar-refractivity contribution in [2.24, 2.45) is 11.7 Å². The number of rotatable bonds is 6. The first-order valence-electron chi connectivity index (χ1n) is 7.41. The first-order valence-corrected chi connectivity index (χ1v) is 7.41. The number of likely N-dealkylation sites (N-methyl/N-ethyl adjacent to an activating group) is 1. The fourth-order valence-corrected chi connectivity index (χ4v) is 3.07. The van der Waals surface area contributed by atoms with E-state index in [1.54, 1.807) is 0 Å². The van der Waals surface area contributed by atoms with Crippen LogP contribution in [-0.4, -0.2) is 37.0 Å². The predicted molar refractivity (Wildman–Crippen MR) is 81.1 cm³/mol. The Bertz CT molecular complexity index is 421. The summed E-state index contributed by atoms with van der Waals surface area (Å²) in [5.74, 6) is 0.626. The Labute approximate surface area is 121 Å². The highest BCUT2D eigenvalue weighted by atomic mass is 16.2. The standard InChI is InChI=1S/C16H25N3O/c1-19(15-9-5-8-14(15)10-17)12-16(20)18-11-13-6-3-2-4-7-13/h2-4,6-7,14-15H,5,8-12,17H2,1H3,(H,18,20). The van der Waals surface area contributed by atoms with Gasteiger partial charge in [-0.1, -0.05) is 36.8 Å². The van der Waals surface area contributed by atoms with Gasteiger partial charge >= 0.3 is 0 Å². The average molecular weight is 275 g/mol. The molecule has 2 unspecified atom stereocenters. The van der Waals surface area contributed by atoms with Gasteiger partial charge in [-0.15, -0.1) is 0 Å². The van der Waals surface area contributed by atoms with E-state index in [0.717, 1.165) is 18.5 Å². The molecule has 1 aromatic carbocycles. The van der Waals surface area contributed by atoms with Gasteiger partial charge in [-0.25, -0.2) is 0 Å². The van der Waals surface area contributed by atoms with E-state index in [0.29, 0.717) is 25.0 Å². The number of nitrogens with two attached hydrogens (primary N) is 1. The number of carbonyl (C=O) groups is 1. The van der Waals surface area contributed by atoms with Crippen LogP contribution in [0.5, 0.6) is 0 Å². The molecule has 0 saturated heterocycles. The molecule has 2 atom stereocenters. The second kappa shape index (κ2) is 7.41. The lowest BCUT2D eigenvalue weighted by Crippen LogP contribution is -2.43. The molecule has 1 amide bonds. The third-order valence-electron chi connectivity index (χ3n) is 4.21. The van der Waals surface area contributed by atoms with Gasteiger partial charge in [0, 0.05) is 12.6 Å². The molecule has 0 heterocycles. The highest BCUT2D eigenvalue weighted by Gasteiger charge is 2.29. The van der Waals surface area contributed by atoms with E-state index >= 15 is 0 Å². The Morgan fingerprint density at radius 2 is 2.10 bits per heavy atom. The summed E-state index contributed by atoms with van der Waals surface area (Å²) < 4.78 is 0. The van der Waals surface area contributed by atoms with Gasteiger partial charge < -0.3 is 11.1 Å². The molecule has 0 spiro atoms. The van der Waals surface area contributed by atoms with Crippen LogP contribution in [0.15, 0.2) is 30.3 Å². The summed E-state index contributed by atoms with van der Waals surface area (Å²) in [4.78, 5) is 14.2. The number of nitrogens with one attached hydrogen (secondary N) is 1. The van der Waals surface area contributed by atoms with Crippen molar-refractivity contribution in [2.75, 3.05) is 20.1 Å². The Hall–Kier alpha value is -1.39. The SMILES string of the molecule is CN(CC(=O)NCc1ccccc1)C1CCCC1CN. The molecule has 0 radical (unpaired) electrons. The first-order chi connectivity index (χ1) is 9.70. The van der Waals surface area contributed by atoms with Crippen molar-refractivity contribution in [1.82, 2.24) is 10.2 Å². The molecule has 2 rings (SSSR count). The lowest BCUT2D eigenvalue weighted by molar-refractivity contribution is -0.122. The van der Waals surface area contributed by atoms with E-state index in [1.165, 1.54) is 12.8 Å². The van der Waals surface area contributed by atoms with Crippen LogP contribution in [0, 0.1) is 5.92 Å². The van der Waals surface area contributed by atoms with Crippen molar-refractivity contribution >= 4 is 5.91 Å². The Morgan fingerprint density at radius 3 is 2.80 bits per heavy atom. The van der Waals surface area contributed by atoms with E-state index < -0.39 is 0 Å². The molecule has 1 aromatic rings. The van der Waals surface area contributed by atoms with Crippen LogP contribution in [0.2, 0.25) is 0 Å². The molecule has 0 aliphatic heterocycles. The van der Waals surface area contributed by atoms with Crippen molar-refractivity contribution in [3.63, 3.8) is 0 Å². The fraction of sp³-hybridized carbons (Fsp3) is 0.562. The predicted octanol–water partition coefficient (Wildman–Crippen LogP) is 1.36. The second-order valence-corrected chi connectivity index (χ2v) is 5.67. The van der Waals surface area contributed by atoms with Crippen LogP contribution in [0.3, 0.4) is 0 Å². The molecular formula is C16H25N3O. The molecule has 1 saturated carbocycles. The first kappa shape index (κ1) is 15.0. The van der Waals surface area contributed by atoms with Crippen LogP contribution in [0.25, 0.3) is 0 Å². The highest BCUT2D eigenvalue weighted by Crippen LogP contribution is 2.28. The highest BCUT2D eigenvalue weighted by molar-refractivity contribution is 5.78. The molecule has 1 aliphatic carbocycles. The molecule has 110 valence electrons. The van der Waals surface area contributed by atoms with Crippen LogP contribution < -0.4 is 11.1 Å². The van der Waals surface area contributed by atoms with Gasteiger partial charge in [0.15, 0.2) is 0 Å². The molecule has 4 heteroatoms. The summed E-state index contributed by atoms with van der Waals surface area (Å²) in [5.41, 5.74) is 6.93. The summed E-state index contributed by atoms with van der Waals surface area (Å²) in [7, 11) is 2.03. The summed E-state index contributed by atoms with van der Waals surface area (Å²) in [6, 6.07) is 10.4. The minimum absolute atomic E-state index is 0.0824. The molecule has 3 N–H and O–H groups in total. The quantitative estimate of drug-likeness (QED) is 0.824. The van der Waals surface area contributed by atoms with Gasteiger partial charge in [-0.3, -0.25) is 9.69 Å². The average Bonchev–Trinajstić information content (AvgIpc) is 2.95. The van der Waals surface area contributed by atoms with Crippen molar-refractivity contribution in [3.05, 3.63) is 35.9 Å². The molecular weight excluding hydrogens is 250 g/mol. The largest absolute Gasteiger partial charge is 0.351 e. The van der Waals surface area contributed by atoms with Crippen LogP contribution >= 0.6 is 0 Å². The lowest BCUT2D eigenvalue weighted by atomic mass is 10.0. The van der Waals surface area contributed by atoms with Crippen molar-refractivity contribution in [3.8, 4) is 0 Å². The minimum atomic E-state index is 0.0824. The zero-order chi connectivity index (χ0) is 14.4. The third-order valence-corrected chi connectivity index (χ3v) is 4.21. The molecule has 1 fully saturated rings. The molecule has 1 aliphatic rings. The lowest BCUT2D eigenvalue weighted by Gasteiger charge is -2.28. The maximum atomic E-state index is 12.0. The topological polar surface area (TPSA) is 58.4 Å². The number of hydrogen-bond donors (Lipinski definition) is 2. The van der Waals surface area contributed by atoms with E-state index in [2.05, 4.69) is 10.2 Å². The summed E-state index contributed by atoms with van der Waals surface area (Å²) in [6.45, 7) is 1.77. The summed E-state index contributed by atoms with van der Waals surface area (Å²) >= 11 is 0. The Kier molecular flexibility index (Phi) is 5.56. The van der Waals surface area contributed by atoms with Gasteiger partial charge in [0.2, 0.25) is 5.91 Å². The molecule has 4 nitrogen and oxygen atoms in total. The maximum Gasteiger partial charge on any atom is 0.234 e. The molecule has 20 heavy (non-hydrogen) atoms. The normalized spacial score (nSPS) is 22.1. The monoisotopic (exact) mass is 275 g/mol. The number of amides is 1. The smallest absolute Gasteiger partial charge is 0.234 e. The van der Waals surface area contributed by atoms with Crippen LogP contribution in [0.4, 0.5) is 0 Å². The molecule has 0 bridgehead atoms. The van der Waals surface area contributed by atoms with E-state index in [4.69, 9.17) is 5.73 Å².